The molecule has 2 heterocycles. The number of hydrogen-bond acceptors (Lipinski definition) is 5. The second-order valence-corrected chi connectivity index (χ2v) is 6.84. The standard InChI is InChI=1S/C18H19F3N6/c19-18(20,21)13-9-23-17(24-11-5-3-4-10(22)8-11)25-16(13)15-12-6-1-2-7-14(12)26-27-15/h1-2,6-7,9-11H,3-5,8,22H2,(H,26,27)(H,23,24,25)/t10-,11+/m0/s1. The molecule has 1 saturated carbocycles. The number of fused-ring (bicyclic) bond motifs is 1. The fourth-order valence-corrected chi connectivity index (χ4v) is 3.52. The van der Waals surface area contributed by atoms with Crippen molar-refractivity contribution in [3.05, 3.63) is 36.0 Å². The third kappa shape index (κ3) is 3.59. The summed E-state index contributed by atoms with van der Waals surface area (Å²) in [6, 6.07) is 7.13. The molecule has 1 aromatic carbocycles. The Labute approximate surface area is 153 Å². The summed E-state index contributed by atoms with van der Waals surface area (Å²) < 4.78 is 40.6. The van der Waals surface area contributed by atoms with Gasteiger partial charge in [-0.1, -0.05) is 18.2 Å². The lowest BCUT2D eigenvalue weighted by Crippen LogP contribution is -2.35. The van der Waals surface area contributed by atoms with Crippen molar-refractivity contribution in [2.45, 2.75) is 43.9 Å². The van der Waals surface area contributed by atoms with Gasteiger partial charge in [-0.3, -0.25) is 5.10 Å². The van der Waals surface area contributed by atoms with Crippen LogP contribution in [0.3, 0.4) is 0 Å². The summed E-state index contributed by atoms with van der Waals surface area (Å²) in [5.41, 5.74) is 5.64. The van der Waals surface area contributed by atoms with Crippen molar-refractivity contribution in [2.75, 3.05) is 5.32 Å². The fraction of sp³-hybridized carbons (Fsp3) is 0.389. The summed E-state index contributed by atoms with van der Waals surface area (Å²) >= 11 is 0. The van der Waals surface area contributed by atoms with Crippen LogP contribution in [0, 0.1) is 0 Å². The first-order valence-electron chi connectivity index (χ1n) is 8.81. The van der Waals surface area contributed by atoms with Crippen LogP contribution in [0.25, 0.3) is 22.3 Å². The number of para-hydroxylation sites is 1. The van der Waals surface area contributed by atoms with Gasteiger partial charge in [0.1, 0.15) is 17.0 Å². The van der Waals surface area contributed by atoms with Gasteiger partial charge >= 0.3 is 6.18 Å². The lowest BCUT2D eigenvalue weighted by Gasteiger charge is -2.27. The first-order chi connectivity index (χ1) is 12.9. The van der Waals surface area contributed by atoms with E-state index in [2.05, 4.69) is 25.5 Å². The Morgan fingerprint density at radius 3 is 2.74 bits per heavy atom. The molecular formula is C18H19F3N6. The van der Waals surface area contributed by atoms with Crippen LogP contribution in [0.2, 0.25) is 0 Å². The Kier molecular flexibility index (Phi) is 4.47. The largest absolute Gasteiger partial charge is 0.420 e. The van der Waals surface area contributed by atoms with Crippen molar-refractivity contribution in [3.8, 4) is 11.4 Å². The van der Waals surface area contributed by atoms with Crippen LogP contribution in [0.1, 0.15) is 31.2 Å². The molecule has 6 nitrogen and oxygen atoms in total. The zero-order valence-electron chi connectivity index (χ0n) is 14.4. The molecule has 1 fully saturated rings. The molecule has 0 unspecified atom stereocenters. The quantitative estimate of drug-likeness (QED) is 0.648. The van der Waals surface area contributed by atoms with Crippen molar-refractivity contribution in [1.29, 1.82) is 0 Å². The van der Waals surface area contributed by atoms with Gasteiger partial charge in [-0.25, -0.2) is 9.97 Å². The molecule has 27 heavy (non-hydrogen) atoms. The molecule has 1 aliphatic rings. The highest BCUT2D eigenvalue weighted by Gasteiger charge is 2.36. The number of halogens is 3. The molecule has 1 aliphatic carbocycles. The number of aromatic amines is 1. The van der Waals surface area contributed by atoms with E-state index in [0.29, 0.717) is 10.9 Å². The average Bonchev–Trinajstić information content (AvgIpc) is 3.05. The van der Waals surface area contributed by atoms with Crippen molar-refractivity contribution in [3.63, 3.8) is 0 Å². The van der Waals surface area contributed by atoms with Crippen LogP contribution in [0.5, 0.6) is 0 Å². The Morgan fingerprint density at radius 2 is 1.96 bits per heavy atom. The second kappa shape index (κ2) is 6.80. The van der Waals surface area contributed by atoms with Crippen molar-refractivity contribution >= 4 is 16.9 Å². The number of aromatic nitrogens is 4. The monoisotopic (exact) mass is 376 g/mol. The van der Waals surface area contributed by atoms with E-state index < -0.39 is 11.7 Å². The Balaban J connectivity index is 1.76. The molecule has 2 atom stereocenters. The predicted octanol–water partition coefficient (Wildman–Crippen LogP) is 3.72. The normalized spacial score (nSPS) is 20.7. The third-order valence-electron chi connectivity index (χ3n) is 4.84. The number of hydrogen-bond donors (Lipinski definition) is 3. The molecule has 0 amide bonds. The SMILES string of the molecule is N[C@H]1CCC[C@@H](Nc2ncc(C(F)(F)F)c(-c3n[nH]c4ccccc34)n2)C1. The topological polar surface area (TPSA) is 92.5 Å². The number of nitrogens with zero attached hydrogens (tertiary/aromatic N) is 3. The lowest BCUT2D eigenvalue weighted by atomic mass is 9.92. The Hall–Kier alpha value is -2.68. The van der Waals surface area contributed by atoms with Gasteiger partial charge in [0.05, 0.1) is 5.52 Å². The first kappa shape index (κ1) is 17.7. The first-order valence-corrected chi connectivity index (χ1v) is 8.81. The van der Waals surface area contributed by atoms with Crippen LogP contribution in [-0.4, -0.2) is 32.2 Å². The number of nitrogens with one attached hydrogen (secondary N) is 2. The summed E-state index contributed by atoms with van der Waals surface area (Å²) in [6.07, 6.45) is -0.214. The highest BCUT2D eigenvalue weighted by Crippen LogP contribution is 2.37. The minimum absolute atomic E-state index is 0.0502. The molecular weight excluding hydrogens is 357 g/mol. The van der Waals surface area contributed by atoms with Crippen molar-refractivity contribution in [2.24, 2.45) is 5.73 Å². The van der Waals surface area contributed by atoms with E-state index in [1.54, 1.807) is 24.3 Å². The van der Waals surface area contributed by atoms with Crippen LogP contribution < -0.4 is 11.1 Å². The van der Waals surface area contributed by atoms with Crippen molar-refractivity contribution in [1.82, 2.24) is 20.2 Å². The molecule has 0 aliphatic heterocycles. The maximum absolute atomic E-state index is 13.5. The van der Waals surface area contributed by atoms with Gasteiger partial charge in [-0.05, 0) is 31.7 Å². The molecule has 0 bridgehead atoms. The average molecular weight is 376 g/mol. The highest BCUT2D eigenvalue weighted by atomic mass is 19.4. The predicted molar refractivity (Wildman–Crippen MR) is 96.0 cm³/mol. The maximum Gasteiger partial charge on any atom is 0.420 e. The van der Waals surface area contributed by atoms with Gasteiger partial charge < -0.3 is 11.1 Å². The zero-order valence-corrected chi connectivity index (χ0v) is 14.4. The number of alkyl halides is 3. The van der Waals surface area contributed by atoms with Crippen LogP contribution >= 0.6 is 0 Å². The Morgan fingerprint density at radius 1 is 1.15 bits per heavy atom. The van der Waals surface area contributed by atoms with Crippen molar-refractivity contribution < 1.29 is 13.2 Å². The second-order valence-electron chi connectivity index (χ2n) is 6.84. The van der Waals surface area contributed by atoms with Crippen LogP contribution in [-0.2, 0) is 6.18 Å². The minimum atomic E-state index is -4.58. The molecule has 0 radical (unpaired) electrons. The molecule has 9 heteroatoms. The summed E-state index contributed by atoms with van der Waals surface area (Å²) in [7, 11) is 0. The molecule has 0 spiro atoms. The summed E-state index contributed by atoms with van der Waals surface area (Å²) in [4.78, 5) is 8.08. The molecule has 3 aromatic rings. The maximum atomic E-state index is 13.5. The molecule has 4 N–H and O–H groups in total. The van der Waals surface area contributed by atoms with Crippen LogP contribution in [0.4, 0.5) is 19.1 Å². The molecule has 0 saturated heterocycles. The fourth-order valence-electron chi connectivity index (χ4n) is 3.52. The summed E-state index contributed by atoms with van der Waals surface area (Å²) in [5, 5.41) is 10.5. The number of rotatable bonds is 3. The van der Waals surface area contributed by atoms with E-state index in [0.717, 1.165) is 31.9 Å². The van der Waals surface area contributed by atoms with E-state index in [-0.39, 0.29) is 29.4 Å². The minimum Gasteiger partial charge on any atom is -0.351 e. The van der Waals surface area contributed by atoms with Gasteiger partial charge in [0, 0.05) is 23.7 Å². The number of benzene rings is 1. The van der Waals surface area contributed by atoms with E-state index in [1.165, 1.54) is 0 Å². The van der Waals surface area contributed by atoms with Gasteiger partial charge in [0.25, 0.3) is 0 Å². The molecule has 142 valence electrons. The number of H-pyrrole nitrogens is 1. The van der Waals surface area contributed by atoms with E-state index in [1.807, 2.05) is 0 Å². The van der Waals surface area contributed by atoms with Gasteiger partial charge in [0.2, 0.25) is 5.95 Å². The van der Waals surface area contributed by atoms with E-state index in [9.17, 15) is 13.2 Å². The molecule has 4 rings (SSSR count). The summed E-state index contributed by atoms with van der Waals surface area (Å²) in [6.45, 7) is 0. The summed E-state index contributed by atoms with van der Waals surface area (Å²) in [5.74, 6) is 0.157. The zero-order chi connectivity index (χ0) is 19.0. The van der Waals surface area contributed by atoms with Crippen LogP contribution in [0.15, 0.2) is 30.5 Å². The molecule has 2 aromatic heterocycles. The van der Waals surface area contributed by atoms with Gasteiger partial charge in [-0.2, -0.15) is 18.3 Å². The third-order valence-corrected chi connectivity index (χ3v) is 4.84. The lowest BCUT2D eigenvalue weighted by molar-refractivity contribution is -0.137. The number of anilines is 1. The van der Waals surface area contributed by atoms with E-state index in [4.69, 9.17) is 5.73 Å². The van der Waals surface area contributed by atoms with Gasteiger partial charge in [-0.15, -0.1) is 0 Å². The smallest absolute Gasteiger partial charge is 0.351 e. The Bertz CT molecular complexity index is 952. The highest BCUT2D eigenvalue weighted by molar-refractivity contribution is 5.92. The van der Waals surface area contributed by atoms with Gasteiger partial charge in [0.15, 0.2) is 0 Å². The number of nitrogens with two attached hydrogens (primary N) is 1. The van der Waals surface area contributed by atoms with E-state index >= 15 is 0 Å².